The van der Waals surface area contributed by atoms with Gasteiger partial charge in [0, 0.05) is 31.0 Å². The van der Waals surface area contributed by atoms with Crippen LogP contribution in [0.4, 0.5) is 0 Å². The predicted octanol–water partition coefficient (Wildman–Crippen LogP) is 1.02. The molecular formula is C9H17N3O. The molecular weight excluding hydrogens is 166 g/mol. The number of rotatable bonds is 5. The zero-order valence-electron chi connectivity index (χ0n) is 8.42. The number of ether oxygens (including phenoxy) is 1. The van der Waals surface area contributed by atoms with Crippen molar-refractivity contribution in [1.82, 2.24) is 15.5 Å². The highest BCUT2D eigenvalue weighted by atomic mass is 16.5. The molecule has 13 heavy (non-hydrogen) atoms. The first-order chi connectivity index (χ1) is 6.25. The van der Waals surface area contributed by atoms with Crippen LogP contribution in [0.2, 0.25) is 0 Å². The minimum Gasteiger partial charge on any atom is -0.383 e. The normalized spacial score (nSPS) is 13.2. The van der Waals surface area contributed by atoms with Gasteiger partial charge < -0.3 is 10.1 Å². The molecule has 0 bridgehead atoms. The highest BCUT2D eigenvalue weighted by Crippen LogP contribution is 2.13. The number of methoxy groups -OCH3 is 1. The van der Waals surface area contributed by atoms with Crippen molar-refractivity contribution < 1.29 is 4.74 Å². The summed E-state index contributed by atoms with van der Waals surface area (Å²) in [6.45, 7) is 5.74. The van der Waals surface area contributed by atoms with E-state index in [0.29, 0.717) is 6.04 Å². The van der Waals surface area contributed by atoms with Crippen molar-refractivity contribution in [3.05, 3.63) is 17.5 Å². The van der Waals surface area contributed by atoms with Gasteiger partial charge in [-0.3, -0.25) is 5.10 Å². The van der Waals surface area contributed by atoms with Gasteiger partial charge in [0.25, 0.3) is 0 Å². The first-order valence-electron chi connectivity index (χ1n) is 4.48. The molecule has 0 saturated heterocycles. The van der Waals surface area contributed by atoms with E-state index in [-0.39, 0.29) is 0 Å². The lowest BCUT2D eigenvalue weighted by Crippen LogP contribution is -2.23. The van der Waals surface area contributed by atoms with E-state index in [2.05, 4.69) is 22.4 Å². The molecule has 0 aliphatic carbocycles. The van der Waals surface area contributed by atoms with E-state index in [1.807, 2.05) is 13.1 Å². The number of H-pyrrole nitrogens is 1. The summed E-state index contributed by atoms with van der Waals surface area (Å²) in [5.74, 6) is 0. The van der Waals surface area contributed by atoms with Gasteiger partial charge in [0.05, 0.1) is 12.8 Å². The van der Waals surface area contributed by atoms with Gasteiger partial charge in [0.1, 0.15) is 0 Å². The molecule has 1 atom stereocenters. The summed E-state index contributed by atoms with van der Waals surface area (Å²) < 4.78 is 4.95. The Kier molecular flexibility index (Phi) is 3.92. The molecule has 1 aromatic heterocycles. The van der Waals surface area contributed by atoms with Crippen LogP contribution in [0.25, 0.3) is 0 Å². The summed E-state index contributed by atoms with van der Waals surface area (Å²) in [4.78, 5) is 0. The second-order valence-corrected chi connectivity index (χ2v) is 3.12. The number of nitrogens with one attached hydrogen (secondary N) is 2. The first-order valence-corrected chi connectivity index (χ1v) is 4.48. The van der Waals surface area contributed by atoms with Gasteiger partial charge in [0.2, 0.25) is 0 Å². The van der Waals surface area contributed by atoms with Crippen LogP contribution < -0.4 is 5.32 Å². The van der Waals surface area contributed by atoms with Gasteiger partial charge in [-0.15, -0.1) is 0 Å². The van der Waals surface area contributed by atoms with Crippen molar-refractivity contribution in [1.29, 1.82) is 0 Å². The highest BCUT2D eigenvalue weighted by molar-refractivity contribution is 5.18. The van der Waals surface area contributed by atoms with Crippen LogP contribution in [-0.2, 0) is 4.74 Å². The molecule has 1 aromatic rings. The molecule has 0 radical (unpaired) electrons. The molecule has 0 spiro atoms. The maximum Gasteiger partial charge on any atom is 0.0587 e. The third-order valence-electron chi connectivity index (χ3n) is 2.09. The third kappa shape index (κ3) is 2.82. The Morgan fingerprint density at radius 1 is 1.69 bits per heavy atom. The molecule has 4 nitrogen and oxygen atoms in total. The lowest BCUT2D eigenvalue weighted by atomic mass is 10.1. The summed E-state index contributed by atoms with van der Waals surface area (Å²) in [7, 11) is 1.70. The minimum absolute atomic E-state index is 0.328. The Labute approximate surface area is 78.7 Å². The number of aromatic amines is 1. The fraction of sp³-hybridized carbons (Fsp3) is 0.667. The van der Waals surface area contributed by atoms with Gasteiger partial charge in [0.15, 0.2) is 0 Å². The zero-order valence-corrected chi connectivity index (χ0v) is 8.42. The summed E-state index contributed by atoms with van der Waals surface area (Å²) in [6.07, 6.45) is 1.86. The minimum atomic E-state index is 0.328. The van der Waals surface area contributed by atoms with Crippen molar-refractivity contribution in [3.8, 4) is 0 Å². The van der Waals surface area contributed by atoms with Crippen LogP contribution in [0.5, 0.6) is 0 Å². The molecule has 0 fully saturated rings. The number of aryl methyl sites for hydroxylation is 1. The van der Waals surface area contributed by atoms with Gasteiger partial charge in [-0.05, 0) is 13.8 Å². The van der Waals surface area contributed by atoms with Crippen molar-refractivity contribution in [3.63, 3.8) is 0 Å². The SMILES string of the molecule is COCCNC(C)c1cn[nH]c1C. The van der Waals surface area contributed by atoms with Crippen molar-refractivity contribution in [2.75, 3.05) is 20.3 Å². The van der Waals surface area contributed by atoms with Crippen molar-refractivity contribution >= 4 is 0 Å². The maximum atomic E-state index is 4.95. The van der Waals surface area contributed by atoms with E-state index in [9.17, 15) is 0 Å². The summed E-state index contributed by atoms with van der Waals surface area (Å²) in [6, 6.07) is 0.328. The molecule has 2 N–H and O–H groups in total. The van der Waals surface area contributed by atoms with Crippen LogP contribution in [-0.4, -0.2) is 30.5 Å². The van der Waals surface area contributed by atoms with Gasteiger partial charge in [-0.2, -0.15) is 5.10 Å². The molecule has 1 unspecified atom stereocenters. The molecule has 0 saturated carbocycles. The standard InChI is InChI=1S/C9H17N3O/c1-7(10-4-5-13-3)9-6-11-12-8(9)2/h6-7,10H,4-5H2,1-3H3,(H,11,12). The molecule has 1 rings (SSSR count). The Morgan fingerprint density at radius 2 is 2.46 bits per heavy atom. The summed E-state index contributed by atoms with van der Waals surface area (Å²) in [5, 5.41) is 10.2. The first kappa shape index (κ1) is 10.2. The smallest absolute Gasteiger partial charge is 0.0587 e. The number of nitrogens with zero attached hydrogens (tertiary/aromatic N) is 1. The van der Waals surface area contributed by atoms with E-state index < -0.39 is 0 Å². The maximum absolute atomic E-state index is 4.95. The Bertz CT molecular complexity index is 247. The van der Waals surface area contributed by atoms with Crippen LogP contribution in [0.3, 0.4) is 0 Å². The van der Waals surface area contributed by atoms with Crippen molar-refractivity contribution in [2.45, 2.75) is 19.9 Å². The van der Waals surface area contributed by atoms with E-state index >= 15 is 0 Å². The van der Waals surface area contributed by atoms with Gasteiger partial charge >= 0.3 is 0 Å². The molecule has 0 aliphatic heterocycles. The van der Waals surface area contributed by atoms with Gasteiger partial charge in [-0.1, -0.05) is 0 Å². The number of hydrogen-bond donors (Lipinski definition) is 2. The fourth-order valence-corrected chi connectivity index (χ4v) is 1.28. The quantitative estimate of drug-likeness (QED) is 0.670. The molecule has 74 valence electrons. The third-order valence-corrected chi connectivity index (χ3v) is 2.09. The lowest BCUT2D eigenvalue weighted by Gasteiger charge is -2.12. The fourth-order valence-electron chi connectivity index (χ4n) is 1.28. The monoisotopic (exact) mass is 183 g/mol. The highest BCUT2D eigenvalue weighted by Gasteiger charge is 2.08. The Morgan fingerprint density at radius 3 is 3.00 bits per heavy atom. The average Bonchev–Trinajstić information content (AvgIpc) is 2.52. The van der Waals surface area contributed by atoms with E-state index in [0.717, 1.165) is 18.8 Å². The summed E-state index contributed by atoms with van der Waals surface area (Å²) in [5.41, 5.74) is 2.34. The largest absolute Gasteiger partial charge is 0.383 e. The second kappa shape index (κ2) is 4.99. The molecule has 0 aromatic carbocycles. The molecule has 4 heteroatoms. The van der Waals surface area contributed by atoms with Crippen LogP contribution in [0.1, 0.15) is 24.2 Å². The topological polar surface area (TPSA) is 49.9 Å². The second-order valence-electron chi connectivity index (χ2n) is 3.12. The number of hydrogen-bond acceptors (Lipinski definition) is 3. The lowest BCUT2D eigenvalue weighted by molar-refractivity contribution is 0.196. The Balaban J connectivity index is 2.39. The predicted molar refractivity (Wildman–Crippen MR) is 51.6 cm³/mol. The number of aromatic nitrogens is 2. The van der Waals surface area contributed by atoms with Crippen molar-refractivity contribution in [2.24, 2.45) is 0 Å². The molecule has 0 aliphatic rings. The average molecular weight is 183 g/mol. The van der Waals surface area contributed by atoms with Gasteiger partial charge in [-0.25, -0.2) is 0 Å². The van der Waals surface area contributed by atoms with E-state index in [4.69, 9.17) is 4.74 Å². The zero-order chi connectivity index (χ0) is 9.68. The van der Waals surface area contributed by atoms with Crippen LogP contribution in [0.15, 0.2) is 6.20 Å². The Hall–Kier alpha value is -0.870. The molecule has 0 amide bonds. The van der Waals surface area contributed by atoms with Crippen LogP contribution in [0, 0.1) is 6.92 Å². The molecule has 1 heterocycles. The van der Waals surface area contributed by atoms with E-state index in [1.165, 1.54) is 5.56 Å². The van der Waals surface area contributed by atoms with E-state index in [1.54, 1.807) is 7.11 Å². The van der Waals surface area contributed by atoms with Crippen LogP contribution >= 0.6 is 0 Å². The summed E-state index contributed by atoms with van der Waals surface area (Å²) >= 11 is 0.